The number of carbonyl (C=O) groups is 5. The van der Waals surface area contributed by atoms with E-state index in [1.807, 2.05) is 19.1 Å². The summed E-state index contributed by atoms with van der Waals surface area (Å²) < 4.78 is 39.2. The van der Waals surface area contributed by atoms with Crippen molar-refractivity contribution < 1.29 is 62.2 Å². The zero-order valence-electron chi connectivity index (χ0n) is 37.7. The number of ether oxygens (including phenoxy) is 7. The second kappa shape index (κ2) is 21.1. The van der Waals surface area contributed by atoms with E-state index in [4.69, 9.17) is 33.2 Å². The summed E-state index contributed by atoms with van der Waals surface area (Å²) in [6.07, 6.45) is 1.71. The molecule has 6 aromatic carbocycles. The molecule has 0 radical (unpaired) electrons. The van der Waals surface area contributed by atoms with Gasteiger partial charge in [0.25, 0.3) is 0 Å². The maximum Gasteiger partial charge on any atom is 0.338 e. The van der Waals surface area contributed by atoms with Crippen molar-refractivity contribution in [3.63, 3.8) is 0 Å². The molecule has 0 saturated heterocycles. The molecule has 1 fully saturated rings. The zero-order chi connectivity index (χ0) is 47.0. The fourth-order valence-corrected chi connectivity index (χ4v) is 7.87. The Morgan fingerprint density at radius 2 is 0.848 bits per heavy atom. The molecule has 6 aromatic rings. The first-order valence-electron chi connectivity index (χ1n) is 22.1. The lowest BCUT2D eigenvalue weighted by Crippen LogP contribution is -2.30. The van der Waals surface area contributed by atoms with Crippen LogP contribution in [0.15, 0.2) is 109 Å². The molecule has 0 spiro atoms. The molecule has 0 heterocycles. The van der Waals surface area contributed by atoms with Crippen LogP contribution in [-0.4, -0.2) is 92.9 Å². The number of hydrogen-bond acceptors (Lipinski definition) is 13. The SMILES string of the molecule is COC(C)COC1(c2ccc3ccc(C(=O)OC(C)COC(=O)c4ccc5cc(C(=O)OC(C)COC(=O)c6ccc7cc(C(=O)OCC(C)O)ccc7c6)ccc5c4)cc3c2)CCCC1. The molecule has 344 valence electrons. The van der Waals surface area contributed by atoms with E-state index in [-0.39, 0.29) is 42.6 Å². The average Bonchev–Trinajstić information content (AvgIpc) is 3.82. The van der Waals surface area contributed by atoms with Crippen LogP contribution in [0.3, 0.4) is 0 Å². The van der Waals surface area contributed by atoms with E-state index < -0.39 is 53.8 Å². The quantitative estimate of drug-likeness (QED) is 0.0640. The predicted molar refractivity (Wildman–Crippen MR) is 247 cm³/mol. The van der Waals surface area contributed by atoms with Gasteiger partial charge in [-0.3, -0.25) is 0 Å². The van der Waals surface area contributed by atoms with E-state index in [9.17, 15) is 29.1 Å². The van der Waals surface area contributed by atoms with Crippen molar-refractivity contribution in [2.45, 2.75) is 83.4 Å². The number of aliphatic hydroxyl groups is 1. The van der Waals surface area contributed by atoms with Gasteiger partial charge in [-0.05, 0) is 145 Å². The lowest BCUT2D eigenvalue weighted by Gasteiger charge is -2.31. The summed E-state index contributed by atoms with van der Waals surface area (Å²) in [5, 5.41) is 14.0. The van der Waals surface area contributed by atoms with Gasteiger partial charge in [0.1, 0.15) is 32.0 Å². The minimum Gasteiger partial charge on any atom is -0.459 e. The van der Waals surface area contributed by atoms with Gasteiger partial charge in [0, 0.05) is 7.11 Å². The summed E-state index contributed by atoms with van der Waals surface area (Å²) in [6.45, 7) is 6.79. The summed E-state index contributed by atoms with van der Waals surface area (Å²) in [7, 11) is 1.68. The van der Waals surface area contributed by atoms with Crippen molar-refractivity contribution in [1.82, 2.24) is 0 Å². The van der Waals surface area contributed by atoms with Crippen molar-refractivity contribution in [2.75, 3.05) is 33.5 Å². The number of esters is 5. The fourth-order valence-electron chi connectivity index (χ4n) is 7.87. The third-order valence-corrected chi connectivity index (χ3v) is 11.6. The number of carbonyl (C=O) groups excluding carboxylic acids is 5. The van der Waals surface area contributed by atoms with E-state index in [0.717, 1.165) is 42.0 Å². The Bertz CT molecular complexity index is 2750. The lowest BCUT2D eigenvalue weighted by molar-refractivity contribution is -0.0853. The Hall–Kier alpha value is -6.67. The van der Waals surface area contributed by atoms with E-state index in [0.29, 0.717) is 39.3 Å². The van der Waals surface area contributed by atoms with Crippen LogP contribution in [0.5, 0.6) is 0 Å². The predicted octanol–water partition coefficient (Wildman–Crippen LogP) is 9.31. The standard InChI is InChI=1S/C53H54O13/c1-32(54)28-61-48(55)41-14-9-38-23-42(15-10-37(38)22-41)49(56)62-29-34(3)65-51(58)44-17-12-39-24-43(16-11-40(39)25-44)50(57)63-30-35(4)66-52(59)45-13-8-36-18-19-47(27-46(36)26-45)53(20-6-7-21-53)64-31-33(2)60-5/h8-19,22-27,32-35,54H,6-7,20-21,28-31H2,1-5H3. The summed E-state index contributed by atoms with van der Waals surface area (Å²) in [4.78, 5) is 64.5. The number of rotatable bonds is 18. The molecule has 1 aliphatic carbocycles. The van der Waals surface area contributed by atoms with Gasteiger partial charge in [0.15, 0.2) is 0 Å². The maximum absolute atomic E-state index is 13.2. The highest BCUT2D eigenvalue weighted by molar-refractivity contribution is 6.01. The second-order valence-corrected chi connectivity index (χ2v) is 17.0. The normalized spacial score (nSPS) is 15.1. The molecule has 0 amide bonds. The Morgan fingerprint density at radius 1 is 0.470 bits per heavy atom. The van der Waals surface area contributed by atoms with Crippen LogP contribution in [0.1, 0.15) is 111 Å². The van der Waals surface area contributed by atoms with E-state index in [1.54, 1.807) is 99.8 Å². The van der Waals surface area contributed by atoms with Crippen LogP contribution in [0.4, 0.5) is 0 Å². The topological polar surface area (TPSA) is 170 Å². The van der Waals surface area contributed by atoms with Crippen LogP contribution in [-0.2, 0) is 38.8 Å². The van der Waals surface area contributed by atoms with Crippen LogP contribution in [0.2, 0.25) is 0 Å². The third-order valence-electron chi connectivity index (χ3n) is 11.6. The van der Waals surface area contributed by atoms with Crippen molar-refractivity contribution in [1.29, 1.82) is 0 Å². The van der Waals surface area contributed by atoms with Gasteiger partial charge >= 0.3 is 29.8 Å². The average molecular weight is 899 g/mol. The second-order valence-electron chi connectivity index (χ2n) is 17.0. The molecule has 4 unspecified atom stereocenters. The molecule has 0 aromatic heterocycles. The van der Waals surface area contributed by atoms with Gasteiger partial charge < -0.3 is 38.3 Å². The molecule has 7 rings (SSSR count). The highest BCUT2D eigenvalue weighted by Gasteiger charge is 2.37. The monoisotopic (exact) mass is 898 g/mol. The Labute approximate surface area is 382 Å². The molecule has 4 atom stereocenters. The highest BCUT2D eigenvalue weighted by Crippen LogP contribution is 2.43. The van der Waals surface area contributed by atoms with Gasteiger partial charge in [-0.2, -0.15) is 0 Å². The lowest BCUT2D eigenvalue weighted by atomic mass is 9.89. The molecular formula is C53H54O13. The minimum absolute atomic E-state index is 0.0218. The van der Waals surface area contributed by atoms with Gasteiger partial charge in [-0.25, -0.2) is 24.0 Å². The molecule has 1 aliphatic rings. The van der Waals surface area contributed by atoms with Gasteiger partial charge in [0.05, 0.1) is 52.2 Å². The minimum atomic E-state index is -0.778. The Kier molecular flexibility index (Phi) is 15.1. The molecule has 0 bridgehead atoms. The van der Waals surface area contributed by atoms with Gasteiger partial charge in [-0.1, -0.05) is 55.3 Å². The first kappa shape index (κ1) is 47.3. The number of methoxy groups -OCH3 is 1. The molecule has 1 N–H and O–H groups in total. The maximum atomic E-state index is 13.2. The molecule has 1 saturated carbocycles. The molecule has 0 aliphatic heterocycles. The largest absolute Gasteiger partial charge is 0.459 e. The van der Waals surface area contributed by atoms with E-state index >= 15 is 0 Å². The Morgan fingerprint density at radius 3 is 1.27 bits per heavy atom. The number of fused-ring (bicyclic) bond motifs is 3. The van der Waals surface area contributed by atoms with E-state index in [1.165, 1.54) is 6.92 Å². The van der Waals surface area contributed by atoms with Gasteiger partial charge in [-0.15, -0.1) is 0 Å². The first-order chi connectivity index (χ1) is 31.7. The summed E-state index contributed by atoms with van der Waals surface area (Å²) >= 11 is 0. The van der Waals surface area contributed by atoms with Crippen LogP contribution in [0.25, 0.3) is 32.3 Å². The molecular weight excluding hydrogens is 845 g/mol. The Balaban J connectivity index is 0.881. The van der Waals surface area contributed by atoms with Crippen molar-refractivity contribution in [3.8, 4) is 0 Å². The zero-order valence-corrected chi connectivity index (χ0v) is 37.7. The first-order valence-corrected chi connectivity index (χ1v) is 22.1. The van der Waals surface area contributed by atoms with Gasteiger partial charge in [0.2, 0.25) is 0 Å². The number of benzene rings is 6. The molecule has 66 heavy (non-hydrogen) atoms. The summed E-state index contributed by atoms with van der Waals surface area (Å²) in [6, 6.07) is 31.3. The van der Waals surface area contributed by atoms with Crippen molar-refractivity contribution in [2.24, 2.45) is 0 Å². The summed E-state index contributed by atoms with van der Waals surface area (Å²) in [5.74, 6) is -2.93. The smallest absolute Gasteiger partial charge is 0.338 e. The number of hydrogen-bond donors (Lipinski definition) is 1. The number of aliphatic hydroxyl groups excluding tert-OH is 1. The van der Waals surface area contributed by atoms with E-state index in [2.05, 4.69) is 18.2 Å². The van der Waals surface area contributed by atoms with Crippen LogP contribution in [0, 0.1) is 0 Å². The van der Waals surface area contributed by atoms with Crippen molar-refractivity contribution >= 4 is 62.2 Å². The van der Waals surface area contributed by atoms with Crippen LogP contribution >= 0.6 is 0 Å². The highest BCUT2D eigenvalue weighted by atomic mass is 16.6. The fraction of sp³-hybridized carbons (Fsp3) is 0.340. The molecule has 13 heteroatoms. The van der Waals surface area contributed by atoms with Crippen LogP contribution < -0.4 is 0 Å². The third kappa shape index (κ3) is 11.6. The van der Waals surface area contributed by atoms with Crippen molar-refractivity contribution in [3.05, 3.63) is 143 Å². The molecule has 13 nitrogen and oxygen atoms in total. The summed E-state index contributed by atoms with van der Waals surface area (Å²) in [5.41, 5.74) is 2.21.